The van der Waals surface area contributed by atoms with E-state index in [1.165, 1.54) is 28.9 Å². The number of nitrogens with one attached hydrogen (secondary N) is 1. The molecule has 0 aliphatic heterocycles. The number of nitrogens with zero attached hydrogens (tertiary/aromatic N) is 5. The summed E-state index contributed by atoms with van der Waals surface area (Å²) in [5, 5.41) is 20.1. The number of halogens is 1. The van der Waals surface area contributed by atoms with Crippen LogP contribution in [0, 0.1) is 0 Å². The Hall–Kier alpha value is -3.20. The molecule has 0 atom stereocenters. The van der Waals surface area contributed by atoms with Gasteiger partial charge in [-0.1, -0.05) is 23.7 Å². The summed E-state index contributed by atoms with van der Waals surface area (Å²) in [6.07, 6.45) is 2.70. The number of rotatable bonds is 5. The fourth-order valence-corrected chi connectivity index (χ4v) is 2.44. The summed E-state index contributed by atoms with van der Waals surface area (Å²) in [5.41, 5.74) is 0.521. The average molecular weight is 361 g/mol. The Balaban J connectivity index is 1.73. The number of aryl methyl sites for hydroxylation is 1. The number of hydrogen-bond acceptors (Lipinski definition) is 5. The van der Waals surface area contributed by atoms with Gasteiger partial charge in [-0.2, -0.15) is 5.10 Å². The first kappa shape index (κ1) is 16.7. The van der Waals surface area contributed by atoms with Crippen molar-refractivity contribution in [1.82, 2.24) is 24.5 Å². The van der Waals surface area contributed by atoms with Gasteiger partial charge in [-0.25, -0.2) is 14.5 Å². The second kappa shape index (κ2) is 6.73. The molecule has 0 fully saturated rings. The fraction of sp³-hybridized carbons (Fsp3) is 0.133. The summed E-state index contributed by atoms with van der Waals surface area (Å²) < 4.78 is 2.78. The van der Waals surface area contributed by atoms with Crippen molar-refractivity contribution in [2.24, 2.45) is 7.05 Å². The number of amides is 1. The smallest absolute Gasteiger partial charge is 0.339 e. The van der Waals surface area contributed by atoms with E-state index >= 15 is 0 Å². The van der Waals surface area contributed by atoms with Crippen LogP contribution in [0.5, 0.6) is 0 Å². The molecule has 128 valence electrons. The van der Waals surface area contributed by atoms with Crippen LogP contribution in [0.3, 0.4) is 0 Å². The zero-order valence-electron chi connectivity index (χ0n) is 13.0. The Bertz CT molecular complexity index is 948. The maximum atomic E-state index is 12.2. The molecule has 0 saturated heterocycles. The van der Waals surface area contributed by atoms with E-state index in [0.717, 1.165) is 5.56 Å². The lowest BCUT2D eigenvalue weighted by Crippen LogP contribution is -2.17. The highest BCUT2D eigenvalue weighted by Crippen LogP contribution is 2.12. The van der Waals surface area contributed by atoms with Gasteiger partial charge in [0.1, 0.15) is 11.9 Å². The number of hydrogen-bond donors (Lipinski definition) is 2. The summed E-state index contributed by atoms with van der Waals surface area (Å²) in [6, 6.07) is 7.28. The Labute approximate surface area is 146 Å². The van der Waals surface area contributed by atoms with E-state index < -0.39 is 11.9 Å². The van der Waals surface area contributed by atoms with Crippen molar-refractivity contribution in [1.29, 1.82) is 0 Å². The fourth-order valence-electron chi connectivity index (χ4n) is 2.22. The van der Waals surface area contributed by atoms with Gasteiger partial charge in [0, 0.05) is 18.3 Å². The Kier molecular flexibility index (Phi) is 4.48. The molecule has 1 aromatic carbocycles. The first-order chi connectivity index (χ1) is 11.9. The molecule has 0 radical (unpaired) electrons. The minimum atomic E-state index is -1.24. The Morgan fingerprint density at radius 1 is 1.32 bits per heavy atom. The average Bonchev–Trinajstić information content (AvgIpc) is 3.14. The van der Waals surface area contributed by atoms with Crippen LogP contribution in [0.1, 0.15) is 26.4 Å². The minimum absolute atomic E-state index is 0.0500. The highest BCUT2D eigenvalue weighted by Gasteiger charge is 2.22. The first-order valence-electron chi connectivity index (χ1n) is 7.14. The van der Waals surface area contributed by atoms with Crippen LogP contribution in [-0.2, 0) is 13.6 Å². The number of aromatic carboxylic acids is 1. The Morgan fingerprint density at radius 3 is 2.84 bits per heavy atom. The molecule has 25 heavy (non-hydrogen) atoms. The molecular weight excluding hydrogens is 348 g/mol. The van der Waals surface area contributed by atoms with Gasteiger partial charge in [0.15, 0.2) is 5.69 Å². The summed E-state index contributed by atoms with van der Waals surface area (Å²) in [6.45, 7) is 0.424. The van der Waals surface area contributed by atoms with Crippen molar-refractivity contribution >= 4 is 29.4 Å². The molecule has 0 bridgehead atoms. The van der Waals surface area contributed by atoms with Crippen LogP contribution in [0.2, 0.25) is 5.02 Å². The summed E-state index contributed by atoms with van der Waals surface area (Å²) in [5.74, 6) is -1.88. The lowest BCUT2D eigenvalue weighted by atomic mass is 10.2. The zero-order valence-corrected chi connectivity index (χ0v) is 13.8. The largest absolute Gasteiger partial charge is 0.478 e. The van der Waals surface area contributed by atoms with E-state index in [0.29, 0.717) is 11.6 Å². The number of anilines is 1. The van der Waals surface area contributed by atoms with Crippen LogP contribution < -0.4 is 5.32 Å². The molecule has 2 heterocycles. The first-order valence-corrected chi connectivity index (χ1v) is 7.52. The molecule has 2 aromatic heterocycles. The van der Waals surface area contributed by atoms with Gasteiger partial charge >= 0.3 is 5.97 Å². The van der Waals surface area contributed by atoms with E-state index in [1.807, 2.05) is 12.1 Å². The highest BCUT2D eigenvalue weighted by atomic mass is 35.5. The van der Waals surface area contributed by atoms with Crippen LogP contribution in [-0.4, -0.2) is 41.5 Å². The third-order valence-corrected chi connectivity index (χ3v) is 3.50. The lowest BCUT2D eigenvalue weighted by molar-refractivity contribution is 0.0692. The molecule has 1 amide bonds. The minimum Gasteiger partial charge on any atom is -0.478 e. The van der Waals surface area contributed by atoms with Crippen molar-refractivity contribution < 1.29 is 14.7 Å². The predicted octanol–water partition coefficient (Wildman–Crippen LogP) is 1.66. The van der Waals surface area contributed by atoms with Crippen LogP contribution in [0.15, 0.2) is 36.8 Å². The van der Waals surface area contributed by atoms with Crippen molar-refractivity contribution in [3.8, 4) is 0 Å². The van der Waals surface area contributed by atoms with Gasteiger partial charge < -0.3 is 5.11 Å². The van der Waals surface area contributed by atoms with Crippen LogP contribution >= 0.6 is 11.6 Å². The molecule has 0 aliphatic rings. The van der Waals surface area contributed by atoms with Crippen LogP contribution in [0.25, 0.3) is 0 Å². The van der Waals surface area contributed by atoms with E-state index in [-0.39, 0.29) is 17.2 Å². The maximum Gasteiger partial charge on any atom is 0.339 e. The second-order valence-corrected chi connectivity index (χ2v) is 5.66. The van der Waals surface area contributed by atoms with Gasteiger partial charge in [-0.3, -0.25) is 14.8 Å². The highest BCUT2D eigenvalue weighted by molar-refractivity contribution is 6.30. The predicted molar refractivity (Wildman–Crippen MR) is 88.7 cm³/mol. The van der Waals surface area contributed by atoms with Gasteiger partial charge in [0.25, 0.3) is 5.91 Å². The van der Waals surface area contributed by atoms with Gasteiger partial charge in [-0.05, 0) is 17.7 Å². The SMILES string of the molecule is Cn1cc(C(=O)O)c(C(=O)Nc2ncn(Cc3cccc(Cl)c3)n2)n1. The van der Waals surface area contributed by atoms with Gasteiger partial charge in [0.2, 0.25) is 5.95 Å². The van der Waals surface area contributed by atoms with Crippen molar-refractivity contribution in [2.75, 3.05) is 5.32 Å². The van der Waals surface area contributed by atoms with E-state index in [9.17, 15) is 9.59 Å². The summed E-state index contributed by atoms with van der Waals surface area (Å²) in [4.78, 5) is 27.3. The molecule has 0 spiro atoms. The number of aromatic nitrogens is 5. The van der Waals surface area contributed by atoms with E-state index in [1.54, 1.807) is 12.1 Å². The molecule has 9 nitrogen and oxygen atoms in total. The summed E-state index contributed by atoms with van der Waals surface area (Å²) in [7, 11) is 1.53. The number of carbonyl (C=O) groups is 2. The van der Waals surface area contributed by atoms with Crippen LogP contribution in [0.4, 0.5) is 5.95 Å². The molecular formula is C15H13ClN6O3. The molecule has 0 saturated carbocycles. The van der Waals surface area contributed by atoms with Gasteiger partial charge in [0.05, 0.1) is 6.54 Å². The van der Waals surface area contributed by atoms with Gasteiger partial charge in [-0.15, -0.1) is 5.10 Å². The lowest BCUT2D eigenvalue weighted by Gasteiger charge is -2.02. The van der Waals surface area contributed by atoms with E-state index in [2.05, 4.69) is 20.5 Å². The van der Waals surface area contributed by atoms with Crippen molar-refractivity contribution in [3.05, 3.63) is 58.6 Å². The van der Waals surface area contributed by atoms with Crippen molar-refractivity contribution in [2.45, 2.75) is 6.54 Å². The Morgan fingerprint density at radius 2 is 2.12 bits per heavy atom. The molecule has 0 unspecified atom stereocenters. The number of carboxylic acids is 1. The van der Waals surface area contributed by atoms with E-state index in [4.69, 9.17) is 16.7 Å². The zero-order chi connectivity index (χ0) is 18.0. The van der Waals surface area contributed by atoms with Crippen molar-refractivity contribution in [3.63, 3.8) is 0 Å². The molecule has 2 N–H and O–H groups in total. The molecule has 0 aliphatic carbocycles. The topological polar surface area (TPSA) is 115 Å². The normalized spacial score (nSPS) is 10.6. The maximum absolute atomic E-state index is 12.2. The monoisotopic (exact) mass is 360 g/mol. The molecule has 3 rings (SSSR count). The standard InChI is InChI=1S/C15H13ClN6O3/c1-21-7-11(14(24)25)12(19-21)13(23)18-15-17-8-22(20-15)6-9-3-2-4-10(16)5-9/h2-5,7-8H,6H2,1H3,(H,24,25)(H,18,20,23). The molecule has 10 heteroatoms. The second-order valence-electron chi connectivity index (χ2n) is 5.22. The summed E-state index contributed by atoms with van der Waals surface area (Å²) >= 11 is 5.94. The third-order valence-electron chi connectivity index (χ3n) is 3.27. The number of carboxylic acid groups (broad SMARTS) is 1. The number of benzene rings is 1. The third kappa shape index (κ3) is 3.83. The molecule has 3 aromatic rings. The number of carbonyl (C=O) groups excluding carboxylic acids is 1. The quantitative estimate of drug-likeness (QED) is 0.715.